The maximum Gasteiger partial charge on any atom is 0.0370 e. The van der Waals surface area contributed by atoms with Gasteiger partial charge in [-0.3, -0.25) is 4.90 Å². The van der Waals surface area contributed by atoms with Crippen molar-refractivity contribution in [1.82, 2.24) is 14.7 Å². The summed E-state index contributed by atoms with van der Waals surface area (Å²) < 4.78 is 0. The number of piperidine rings is 2. The molecular weight excluding hydrogens is 330 g/mol. The van der Waals surface area contributed by atoms with Crippen LogP contribution in [0.25, 0.3) is 0 Å². The maximum absolute atomic E-state index is 2.78. The molecule has 0 amide bonds. The molecule has 0 N–H and O–H groups in total. The molecule has 3 nitrogen and oxygen atoms in total. The molecule has 27 heavy (non-hydrogen) atoms. The van der Waals surface area contributed by atoms with E-state index in [1.807, 2.05) is 0 Å². The zero-order valence-electron chi connectivity index (χ0n) is 17.7. The van der Waals surface area contributed by atoms with Gasteiger partial charge in [0.15, 0.2) is 0 Å². The first-order valence-corrected chi connectivity index (χ1v) is 11.3. The normalized spacial score (nSPS) is 25.2. The number of hydrogen-bond acceptors (Lipinski definition) is 3. The van der Waals surface area contributed by atoms with Crippen molar-refractivity contribution in [2.75, 3.05) is 40.3 Å². The number of likely N-dealkylation sites (tertiary alicyclic amines) is 2. The van der Waals surface area contributed by atoms with E-state index in [-0.39, 0.29) is 0 Å². The standard InChI is InChI=1S/C24H39N3/c1-19-10-16-27(17-11-19)23-12-14-26(15-13-23)18-20-4-6-21(7-5-20)24(25(2)3)22-8-9-22/h4-7,19,22-24H,8-18H2,1-3H3. The van der Waals surface area contributed by atoms with Gasteiger partial charge in [-0.15, -0.1) is 0 Å². The Balaban J connectivity index is 1.26. The Morgan fingerprint density at radius 3 is 2.07 bits per heavy atom. The van der Waals surface area contributed by atoms with Gasteiger partial charge in [0.1, 0.15) is 0 Å². The molecule has 1 aromatic rings. The van der Waals surface area contributed by atoms with Crippen molar-refractivity contribution in [3.63, 3.8) is 0 Å². The molecular formula is C24H39N3. The summed E-state index contributed by atoms with van der Waals surface area (Å²) in [6, 6.07) is 11.0. The topological polar surface area (TPSA) is 9.72 Å². The van der Waals surface area contributed by atoms with Gasteiger partial charge in [0.25, 0.3) is 0 Å². The summed E-state index contributed by atoms with van der Waals surface area (Å²) in [6.45, 7) is 8.74. The summed E-state index contributed by atoms with van der Waals surface area (Å²) >= 11 is 0. The van der Waals surface area contributed by atoms with E-state index in [2.05, 4.69) is 60.0 Å². The van der Waals surface area contributed by atoms with E-state index in [1.54, 1.807) is 0 Å². The van der Waals surface area contributed by atoms with E-state index in [1.165, 1.54) is 75.8 Å². The van der Waals surface area contributed by atoms with Crippen molar-refractivity contribution in [3.05, 3.63) is 35.4 Å². The Bertz CT molecular complexity index is 574. The molecule has 2 heterocycles. The number of nitrogens with zero attached hydrogens (tertiary/aromatic N) is 3. The van der Waals surface area contributed by atoms with Crippen molar-refractivity contribution in [3.8, 4) is 0 Å². The average Bonchev–Trinajstić information content (AvgIpc) is 3.49. The Kier molecular flexibility index (Phi) is 6.21. The third-order valence-corrected chi connectivity index (χ3v) is 7.24. The number of benzene rings is 1. The third kappa shape index (κ3) is 4.93. The Morgan fingerprint density at radius 2 is 1.52 bits per heavy atom. The van der Waals surface area contributed by atoms with Crippen LogP contribution in [0.1, 0.15) is 62.6 Å². The minimum Gasteiger partial charge on any atom is -0.302 e. The molecule has 3 aliphatic rings. The van der Waals surface area contributed by atoms with Crippen LogP contribution in [0.15, 0.2) is 24.3 Å². The Hall–Kier alpha value is -0.900. The first-order valence-electron chi connectivity index (χ1n) is 11.3. The lowest BCUT2D eigenvalue weighted by Crippen LogP contribution is -2.47. The number of rotatable bonds is 6. The molecule has 150 valence electrons. The second-order valence-corrected chi connectivity index (χ2v) is 9.71. The molecule has 2 aliphatic heterocycles. The molecule has 0 aromatic heterocycles. The monoisotopic (exact) mass is 369 g/mol. The van der Waals surface area contributed by atoms with E-state index in [9.17, 15) is 0 Å². The molecule has 1 atom stereocenters. The molecule has 3 fully saturated rings. The molecule has 3 heteroatoms. The molecule has 1 aromatic carbocycles. The van der Waals surface area contributed by atoms with Crippen LogP contribution in [0.4, 0.5) is 0 Å². The third-order valence-electron chi connectivity index (χ3n) is 7.24. The highest BCUT2D eigenvalue weighted by Crippen LogP contribution is 2.43. The summed E-state index contributed by atoms with van der Waals surface area (Å²) in [4.78, 5) is 7.85. The molecule has 2 saturated heterocycles. The molecule has 1 aliphatic carbocycles. The number of hydrogen-bond donors (Lipinski definition) is 0. The smallest absolute Gasteiger partial charge is 0.0370 e. The quantitative estimate of drug-likeness (QED) is 0.736. The van der Waals surface area contributed by atoms with Crippen LogP contribution in [-0.4, -0.2) is 61.0 Å². The fourth-order valence-corrected chi connectivity index (χ4v) is 5.32. The Morgan fingerprint density at radius 1 is 0.889 bits per heavy atom. The predicted molar refractivity (Wildman–Crippen MR) is 114 cm³/mol. The molecule has 0 bridgehead atoms. The minimum atomic E-state index is 0.613. The van der Waals surface area contributed by atoms with Crippen LogP contribution in [0.3, 0.4) is 0 Å². The van der Waals surface area contributed by atoms with E-state index < -0.39 is 0 Å². The van der Waals surface area contributed by atoms with Gasteiger partial charge in [0, 0.05) is 18.6 Å². The second-order valence-electron chi connectivity index (χ2n) is 9.71. The Labute approximate surface area is 166 Å². The SMILES string of the molecule is CC1CCN(C2CCN(Cc3ccc(C(C4CC4)N(C)C)cc3)CC2)CC1. The van der Waals surface area contributed by atoms with E-state index in [4.69, 9.17) is 0 Å². The van der Waals surface area contributed by atoms with Crippen molar-refractivity contribution in [1.29, 1.82) is 0 Å². The van der Waals surface area contributed by atoms with Crippen LogP contribution < -0.4 is 0 Å². The molecule has 0 radical (unpaired) electrons. The van der Waals surface area contributed by atoms with Crippen LogP contribution in [0, 0.1) is 11.8 Å². The molecule has 1 saturated carbocycles. The minimum absolute atomic E-state index is 0.613. The van der Waals surface area contributed by atoms with Gasteiger partial charge in [-0.2, -0.15) is 0 Å². The van der Waals surface area contributed by atoms with Crippen molar-refractivity contribution < 1.29 is 0 Å². The van der Waals surface area contributed by atoms with Crippen molar-refractivity contribution >= 4 is 0 Å². The summed E-state index contributed by atoms with van der Waals surface area (Å²) in [5, 5.41) is 0. The first kappa shape index (κ1) is 19.4. The van der Waals surface area contributed by atoms with Crippen molar-refractivity contribution in [2.45, 2.75) is 64.1 Å². The zero-order chi connectivity index (χ0) is 18.8. The lowest BCUT2D eigenvalue weighted by molar-refractivity contribution is 0.0779. The average molecular weight is 370 g/mol. The highest BCUT2D eigenvalue weighted by molar-refractivity contribution is 5.26. The lowest BCUT2D eigenvalue weighted by atomic mass is 9.94. The summed E-state index contributed by atoms with van der Waals surface area (Å²) in [5.74, 6) is 1.82. The van der Waals surface area contributed by atoms with Crippen LogP contribution in [0.5, 0.6) is 0 Å². The van der Waals surface area contributed by atoms with Crippen LogP contribution >= 0.6 is 0 Å². The second kappa shape index (κ2) is 8.63. The molecule has 4 rings (SSSR count). The highest BCUT2D eigenvalue weighted by atomic mass is 15.2. The largest absolute Gasteiger partial charge is 0.302 e. The van der Waals surface area contributed by atoms with Crippen molar-refractivity contribution in [2.24, 2.45) is 11.8 Å². The molecule has 0 spiro atoms. The first-order chi connectivity index (χ1) is 13.1. The van der Waals surface area contributed by atoms with Gasteiger partial charge in [0.05, 0.1) is 0 Å². The summed E-state index contributed by atoms with van der Waals surface area (Å²) in [5.41, 5.74) is 2.99. The van der Waals surface area contributed by atoms with Gasteiger partial charge in [-0.25, -0.2) is 0 Å². The highest BCUT2D eigenvalue weighted by Gasteiger charge is 2.33. The predicted octanol–water partition coefficient (Wildman–Crippen LogP) is 4.40. The van der Waals surface area contributed by atoms with E-state index in [0.717, 1.165) is 24.4 Å². The van der Waals surface area contributed by atoms with E-state index >= 15 is 0 Å². The fourth-order valence-electron chi connectivity index (χ4n) is 5.32. The van der Waals surface area contributed by atoms with E-state index in [0.29, 0.717) is 6.04 Å². The van der Waals surface area contributed by atoms with Gasteiger partial charge < -0.3 is 9.80 Å². The lowest BCUT2D eigenvalue weighted by Gasteiger charge is -2.41. The summed E-state index contributed by atoms with van der Waals surface area (Å²) in [7, 11) is 4.45. The zero-order valence-corrected chi connectivity index (χ0v) is 17.7. The summed E-state index contributed by atoms with van der Waals surface area (Å²) in [6.07, 6.45) is 8.32. The van der Waals surface area contributed by atoms with Gasteiger partial charge in [-0.05, 0) is 102 Å². The van der Waals surface area contributed by atoms with Gasteiger partial charge >= 0.3 is 0 Å². The van der Waals surface area contributed by atoms with Crippen LogP contribution in [-0.2, 0) is 6.54 Å². The fraction of sp³-hybridized carbons (Fsp3) is 0.750. The molecule has 1 unspecified atom stereocenters. The van der Waals surface area contributed by atoms with Crippen LogP contribution in [0.2, 0.25) is 0 Å². The van der Waals surface area contributed by atoms with Gasteiger partial charge in [0.2, 0.25) is 0 Å². The van der Waals surface area contributed by atoms with Gasteiger partial charge in [-0.1, -0.05) is 31.2 Å². The maximum atomic E-state index is 2.78.